The van der Waals surface area contributed by atoms with E-state index < -0.39 is 0 Å². The number of hydrogen-bond donors (Lipinski definition) is 2. The van der Waals surface area contributed by atoms with Crippen LogP contribution in [0.5, 0.6) is 0 Å². The molecular weight excluding hydrogens is 257 g/mol. The minimum Gasteiger partial charge on any atom is -0.368 e. The van der Waals surface area contributed by atoms with E-state index in [9.17, 15) is 9.18 Å². The Morgan fingerprint density at radius 1 is 1.45 bits per heavy atom. The van der Waals surface area contributed by atoms with Crippen LogP contribution in [0, 0.1) is 11.7 Å². The van der Waals surface area contributed by atoms with Crippen molar-refractivity contribution in [3.05, 3.63) is 29.6 Å². The van der Waals surface area contributed by atoms with Crippen molar-refractivity contribution in [2.24, 2.45) is 11.7 Å². The van der Waals surface area contributed by atoms with Crippen molar-refractivity contribution >= 4 is 11.6 Å². The van der Waals surface area contributed by atoms with Crippen LogP contribution in [0.1, 0.15) is 26.3 Å². The topological polar surface area (TPSA) is 58.4 Å². The number of anilines is 1. The summed E-state index contributed by atoms with van der Waals surface area (Å²) in [6.45, 7) is 8.35. The van der Waals surface area contributed by atoms with Crippen molar-refractivity contribution in [1.29, 1.82) is 0 Å². The first-order valence-electron chi connectivity index (χ1n) is 6.96. The predicted octanol–water partition coefficient (Wildman–Crippen LogP) is 1.88. The molecule has 0 bridgehead atoms. The Kier molecular flexibility index (Phi) is 6.45. The fourth-order valence-corrected chi connectivity index (χ4v) is 2.14. The molecular formula is C15H24FN3O. The van der Waals surface area contributed by atoms with Crippen LogP contribution in [0.15, 0.2) is 18.2 Å². The Labute approximate surface area is 120 Å². The van der Waals surface area contributed by atoms with Crippen LogP contribution in [0.25, 0.3) is 0 Å². The number of hydrogen-bond acceptors (Lipinski definition) is 3. The Balaban J connectivity index is 3.06. The van der Waals surface area contributed by atoms with Gasteiger partial charge in [-0.25, -0.2) is 4.39 Å². The monoisotopic (exact) mass is 281 g/mol. The zero-order valence-corrected chi connectivity index (χ0v) is 12.4. The second-order valence-corrected chi connectivity index (χ2v) is 5.29. The number of halogens is 1. The number of nitrogens with zero attached hydrogens (tertiary/aromatic N) is 1. The second-order valence-electron chi connectivity index (χ2n) is 5.29. The first-order chi connectivity index (χ1) is 9.43. The fraction of sp³-hybridized carbons (Fsp3) is 0.533. The molecule has 0 aliphatic rings. The van der Waals surface area contributed by atoms with E-state index in [0.717, 1.165) is 17.8 Å². The first-order valence-corrected chi connectivity index (χ1v) is 6.96. The van der Waals surface area contributed by atoms with Gasteiger partial charge in [0.2, 0.25) is 5.91 Å². The molecule has 1 rings (SSSR count). The van der Waals surface area contributed by atoms with E-state index in [2.05, 4.69) is 19.2 Å². The molecule has 0 fully saturated rings. The van der Waals surface area contributed by atoms with Crippen LogP contribution in [0.3, 0.4) is 0 Å². The molecule has 0 saturated carbocycles. The molecule has 0 saturated heterocycles. The molecule has 1 amide bonds. The van der Waals surface area contributed by atoms with E-state index in [4.69, 9.17) is 5.73 Å². The highest BCUT2D eigenvalue weighted by atomic mass is 19.1. The largest absolute Gasteiger partial charge is 0.368 e. The van der Waals surface area contributed by atoms with Crippen molar-refractivity contribution in [1.82, 2.24) is 5.32 Å². The summed E-state index contributed by atoms with van der Waals surface area (Å²) in [6, 6.07) is 4.64. The average Bonchev–Trinajstić information content (AvgIpc) is 2.34. The summed E-state index contributed by atoms with van der Waals surface area (Å²) in [5, 5.41) is 3.18. The van der Waals surface area contributed by atoms with E-state index in [0.29, 0.717) is 19.0 Å². The number of primary amides is 1. The molecule has 20 heavy (non-hydrogen) atoms. The zero-order valence-electron chi connectivity index (χ0n) is 12.4. The Morgan fingerprint density at radius 2 is 2.15 bits per heavy atom. The fourth-order valence-electron chi connectivity index (χ4n) is 2.14. The highest BCUT2D eigenvalue weighted by Crippen LogP contribution is 2.22. The molecule has 0 atom stereocenters. The van der Waals surface area contributed by atoms with Gasteiger partial charge >= 0.3 is 0 Å². The molecule has 3 N–H and O–H groups in total. The third-order valence-corrected chi connectivity index (χ3v) is 2.88. The third kappa shape index (κ3) is 5.17. The van der Waals surface area contributed by atoms with Crippen molar-refractivity contribution in [2.75, 3.05) is 24.5 Å². The number of nitrogens with two attached hydrogens (primary N) is 1. The molecule has 1 aromatic rings. The summed E-state index contributed by atoms with van der Waals surface area (Å²) < 4.78 is 13.4. The van der Waals surface area contributed by atoms with Crippen molar-refractivity contribution in [2.45, 2.75) is 27.3 Å². The Morgan fingerprint density at radius 3 is 2.70 bits per heavy atom. The quantitative estimate of drug-likeness (QED) is 0.765. The van der Waals surface area contributed by atoms with Crippen LogP contribution >= 0.6 is 0 Å². The van der Waals surface area contributed by atoms with Gasteiger partial charge in [0.25, 0.3) is 0 Å². The van der Waals surface area contributed by atoms with Crippen molar-refractivity contribution < 1.29 is 9.18 Å². The maximum Gasteiger partial charge on any atom is 0.236 e. The van der Waals surface area contributed by atoms with Crippen LogP contribution in [-0.2, 0) is 11.3 Å². The number of nitrogens with one attached hydrogen (secondary N) is 1. The van der Waals surface area contributed by atoms with Crippen LogP contribution in [0.4, 0.5) is 10.1 Å². The van der Waals surface area contributed by atoms with E-state index in [-0.39, 0.29) is 18.3 Å². The Bertz CT molecular complexity index is 449. The second kappa shape index (κ2) is 7.85. The molecule has 0 spiro atoms. The lowest BCUT2D eigenvalue weighted by Gasteiger charge is -2.27. The Hall–Kier alpha value is -1.62. The van der Waals surface area contributed by atoms with Gasteiger partial charge in [-0.3, -0.25) is 4.79 Å². The van der Waals surface area contributed by atoms with Gasteiger partial charge in [0.15, 0.2) is 0 Å². The smallest absolute Gasteiger partial charge is 0.236 e. The maximum absolute atomic E-state index is 13.4. The lowest BCUT2D eigenvalue weighted by molar-refractivity contribution is -0.116. The minimum atomic E-state index is -0.385. The van der Waals surface area contributed by atoms with Gasteiger partial charge in [-0.15, -0.1) is 0 Å². The van der Waals surface area contributed by atoms with E-state index in [1.165, 1.54) is 12.1 Å². The van der Waals surface area contributed by atoms with Gasteiger partial charge in [0, 0.05) is 18.8 Å². The average molecular weight is 281 g/mol. The van der Waals surface area contributed by atoms with Crippen LogP contribution in [0.2, 0.25) is 0 Å². The SMILES string of the molecule is CCNCc1cc(F)ccc1N(CC(N)=O)CC(C)C. The normalized spacial score (nSPS) is 10.8. The summed E-state index contributed by atoms with van der Waals surface area (Å²) in [5.41, 5.74) is 7.02. The van der Waals surface area contributed by atoms with Gasteiger partial charge in [0.1, 0.15) is 5.82 Å². The molecule has 0 heterocycles. The highest BCUT2D eigenvalue weighted by Gasteiger charge is 2.15. The molecule has 4 nitrogen and oxygen atoms in total. The van der Waals surface area contributed by atoms with E-state index in [1.54, 1.807) is 6.07 Å². The van der Waals surface area contributed by atoms with Gasteiger partial charge in [0.05, 0.1) is 6.54 Å². The molecule has 0 aliphatic carbocycles. The van der Waals surface area contributed by atoms with E-state index >= 15 is 0 Å². The third-order valence-electron chi connectivity index (χ3n) is 2.88. The molecule has 1 aromatic carbocycles. The van der Waals surface area contributed by atoms with Gasteiger partial charge in [-0.2, -0.15) is 0 Å². The molecule has 0 radical (unpaired) electrons. The molecule has 0 unspecified atom stereocenters. The molecule has 0 aliphatic heterocycles. The first kappa shape index (κ1) is 16.4. The molecule has 0 aromatic heterocycles. The standard InChI is InChI=1S/C15H24FN3O/c1-4-18-8-12-7-13(16)5-6-14(12)19(9-11(2)3)10-15(17)20/h5-7,11,18H,4,8-10H2,1-3H3,(H2,17,20). The number of rotatable bonds is 8. The number of carbonyl (C=O) groups excluding carboxylic acids is 1. The lowest BCUT2D eigenvalue weighted by Crippen LogP contribution is -2.37. The van der Waals surface area contributed by atoms with Gasteiger partial charge in [-0.1, -0.05) is 20.8 Å². The maximum atomic E-state index is 13.4. The van der Waals surface area contributed by atoms with Crippen molar-refractivity contribution in [3.63, 3.8) is 0 Å². The van der Waals surface area contributed by atoms with E-state index in [1.807, 2.05) is 11.8 Å². The van der Waals surface area contributed by atoms with Crippen molar-refractivity contribution in [3.8, 4) is 0 Å². The summed E-state index contributed by atoms with van der Waals surface area (Å²) >= 11 is 0. The molecule has 112 valence electrons. The highest BCUT2D eigenvalue weighted by molar-refractivity contribution is 5.80. The number of benzene rings is 1. The van der Waals surface area contributed by atoms with Gasteiger partial charge < -0.3 is 16.0 Å². The summed E-state index contributed by atoms with van der Waals surface area (Å²) in [6.07, 6.45) is 0. The predicted molar refractivity (Wildman–Crippen MR) is 80.0 cm³/mol. The summed E-state index contributed by atoms with van der Waals surface area (Å²) in [4.78, 5) is 13.2. The zero-order chi connectivity index (χ0) is 15.1. The number of carbonyl (C=O) groups is 1. The molecule has 5 heteroatoms. The summed E-state index contributed by atoms with van der Waals surface area (Å²) in [7, 11) is 0. The van der Waals surface area contributed by atoms with Crippen LogP contribution in [-0.4, -0.2) is 25.5 Å². The lowest BCUT2D eigenvalue weighted by atomic mass is 10.1. The van der Waals surface area contributed by atoms with Crippen LogP contribution < -0.4 is 16.0 Å². The number of amides is 1. The van der Waals surface area contributed by atoms with Gasteiger partial charge in [-0.05, 0) is 36.2 Å². The minimum absolute atomic E-state index is 0.142. The summed E-state index contributed by atoms with van der Waals surface area (Å²) in [5.74, 6) is -0.277.